The molecule has 0 unspecified atom stereocenters. The number of nitrogens with zero attached hydrogens (tertiary/aromatic N) is 1. The van der Waals surface area contributed by atoms with Crippen molar-refractivity contribution in [3.05, 3.63) is 12.2 Å². The first kappa shape index (κ1) is 12.8. The van der Waals surface area contributed by atoms with Crippen LogP contribution in [0.3, 0.4) is 0 Å². The summed E-state index contributed by atoms with van der Waals surface area (Å²) in [5.74, 6) is -3.99. The van der Waals surface area contributed by atoms with Crippen molar-refractivity contribution in [2.75, 3.05) is 0 Å². The van der Waals surface area contributed by atoms with Crippen LogP contribution >= 0.6 is 0 Å². The number of carbonyl (C=O) groups is 3. The first-order valence-electron chi connectivity index (χ1n) is 6.14. The molecule has 0 bridgehead atoms. The Labute approximate surface area is 105 Å². The topological polar surface area (TPSA) is 74.7 Å². The van der Waals surface area contributed by atoms with Gasteiger partial charge >= 0.3 is 5.97 Å². The summed E-state index contributed by atoms with van der Waals surface area (Å²) in [6.45, 7) is 5.29. The molecule has 0 radical (unpaired) electrons. The van der Waals surface area contributed by atoms with Crippen molar-refractivity contribution < 1.29 is 19.5 Å². The Hall–Kier alpha value is -1.65. The van der Waals surface area contributed by atoms with Crippen LogP contribution in [0.1, 0.15) is 20.8 Å². The quantitative estimate of drug-likeness (QED) is 0.584. The van der Waals surface area contributed by atoms with Gasteiger partial charge in [-0.1, -0.05) is 19.1 Å². The molecule has 0 aromatic rings. The van der Waals surface area contributed by atoms with Crippen LogP contribution in [0.4, 0.5) is 0 Å². The summed E-state index contributed by atoms with van der Waals surface area (Å²) in [6.07, 6.45) is 3.42. The minimum absolute atomic E-state index is 0.228. The maximum atomic E-state index is 12.3. The third-order valence-corrected chi connectivity index (χ3v) is 3.81. The largest absolute Gasteiger partial charge is 0.481 e. The zero-order valence-corrected chi connectivity index (χ0v) is 10.7. The Morgan fingerprint density at radius 1 is 1.28 bits per heavy atom. The van der Waals surface area contributed by atoms with Gasteiger partial charge in [0.15, 0.2) is 0 Å². The molecule has 1 saturated heterocycles. The molecular weight excluding hydrogens is 234 g/mol. The lowest BCUT2D eigenvalue weighted by molar-refractivity contribution is -0.151. The first-order chi connectivity index (χ1) is 8.36. The Morgan fingerprint density at radius 2 is 1.89 bits per heavy atom. The second-order valence-corrected chi connectivity index (χ2v) is 5.30. The summed E-state index contributed by atoms with van der Waals surface area (Å²) in [7, 11) is 0. The van der Waals surface area contributed by atoms with Crippen LogP contribution in [0, 0.1) is 23.7 Å². The van der Waals surface area contributed by atoms with E-state index in [4.69, 9.17) is 0 Å². The Balaban J connectivity index is 2.43. The zero-order valence-electron chi connectivity index (χ0n) is 10.7. The molecule has 1 heterocycles. The van der Waals surface area contributed by atoms with Gasteiger partial charge in [0, 0.05) is 6.04 Å². The van der Waals surface area contributed by atoms with Crippen LogP contribution < -0.4 is 0 Å². The monoisotopic (exact) mass is 251 g/mol. The van der Waals surface area contributed by atoms with Gasteiger partial charge in [0.1, 0.15) is 0 Å². The fourth-order valence-corrected chi connectivity index (χ4v) is 2.95. The van der Waals surface area contributed by atoms with Crippen LogP contribution in [0.2, 0.25) is 0 Å². The lowest BCUT2D eigenvalue weighted by atomic mass is 9.72. The van der Waals surface area contributed by atoms with E-state index < -0.39 is 23.7 Å². The fraction of sp³-hybridized carbons (Fsp3) is 0.615. The van der Waals surface area contributed by atoms with Gasteiger partial charge < -0.3 is 5.11 Å². The number of aliphatic carboxylic acids is 1. The molecule has 0 aromatic heterocycles. The molecule has 1 aliphatic heterocycles. The second kappa shape index (κ2) is 4.23. The molecule has 2 rings (SSSR count). The SMILES string of the molecule is CC(C)N1C(=O)[C@H]2[C@@H](C(=O)O)[C@@H](C)C=C[C@@H]2C1=O. The van der Waals surface area contributed by atoms with Gasteiger partial charge in [-0.15, -0.1) is 0 Å². The van der Waals surface area contributed by atoms with E-state index in [-0.39, 0.29) is 23.8 Å². The smallest absolute Gasteiger partial charge is 0.307 e. The number of hydrogen-bond acceptors (Lipinski definition) is 3. The van der Waals surface area contributed by atoms with Gasteiger partial charge in [0.2, 0.25) is 11.8 Å². The number of carboxylic acid groups (broad SMARTS) is 1. The predicted octanol–water partition coefficient (Wildman–Crippen LogP) is 0.903. The Morgan fingerprint density at radius 3 is 2.39 bits per heavy atom. The van der Waals surface area contributed by atoms with E-state index in [1.165, 1.54) is 4.90 Å². The van der Waals surface area contributed by atoms with Crippen LogP contribution in [0.25, 0.3) is 0 Å². The number of carbonyl (C=O) groups excluding carboxylic acids is 2. The second-order valence-electron chi connectivity index (χ2n) is 5.30. The molecule has 0 aromatic carbocycles. The standard InChI is InChI=1S/C13H17NO4/c1-6(2)14-11(15)8-5-4-7(3)9(13(17)18)10(8)12(14)16/h4-10H,1-3H3,(H,17,18)/t7-,8-,9-,10+/m0/s1. The van der Waals surface area contributed by atoms with Crippen molar-refractivity contribution in [3.63, 3.8) is 0 Å². The highest BCUT2D eigenvalue weighted by Crippen LogP contribution is 2.41. The van der Waals surface area contributed by atoms with E-state index in [1.54, 1.807) is 32.9 Å². The van der Waals surface area contributed by atoms with Gasteiger partial charge in [-0.2, -0.15) is 0 Å². The van der Waals surface area contributed by atoms with Crippen molar-refractivity contribution in [2.45, 2.75) is 26.8 Å². The summed E-state index contributed by atoms with van der Waals surface area (Å²) in [5, 5.41) is 9.27. The molecular formula is C13H17NO4. The molecule has 0 spiro atoms. The maximum Gasteiger partial charge on any atom is 0.307 e. The molecule has 4 atom stereocenters. The van der Waals surface area contributed by atoms with E-state index >= 15 is 0 Å². The summed E-state index contributed by atoms with van der Waals surface area (Å²) in [6, 6.07) is -0.228. The van der Waals surface area contributed by atoms with Crippen LogP contribution in [0.15, 0.2) is 12.2 Å². The van der Waals surface area contributed by atoms with Crippen LogP contribution in [-0.4, -0.2) is 33.8 Å². The van der Waals surface area contributed by atoms with Gasteiger partial charge in [0.25, 0.3) is 0 Å². The van der Waals surface area contributed by atoms with E-state index in [0.717, 1.165) is 0 Å². The predicted molar refractivity (Wildman–Crippen MR) is 63.4 cm³/mol. The highest BCUT2D eigenvalue weighted by molar-refractivity contribution is 6.08. The lowest BCUT2D eigenvalue weighted by Crippen LogP contribution is -2.40. The number of imide groups is 1. The van der Waals surface area contributed by atoms with Crippen LogP contribution in [0.5, 0.6) is 0 Å². The van der Waals surface area contributed by atoms with Crippen molar-refractivity contribution >= 4 is 17.8 Å². The van der Waals surface area contributed by atoms with E-state index in [0.29, 0.717) is 0 Å². The number of hydrogen-bond donors (Lipinski definition) is 1. The van der Waals surface area contributed by atoms with Gasteiger partial charge in [-0.3, -0.25) is 19.3 Å². The van der Waals surface area contributed by atoms with Crippen molar-refractivity contribution in [1.82, 2.24) is 4.90 Å². The van der Waals surface area contributed by atoms with E-state index in [1.807, 2.05) is 0 Å². The minimum Gasteiger partial charge on any atom is -0.481 e. The molecule has 5 heteroatoms. The first-order valence-corrected chi connectivity index (χ1v) is 6.14. The van der Waals surface area contributed by atoms with Gasteiger partial charge in [0.05, 0.1) is 17.8 Å². The molecule has 2 amide bonds. The minimum atomic E-state index is -1.01. The van der Waals surface area contributed by atoms with Crippen molar-refractivity contribution in [3.8, 4) is 0 Å². The lowest BCUT2D eigenvalue weighted by Gasteiger charge is -2.28. The maximum absolute atomic E-state index is 12.3. The number of rotatable bonds is 2. The number of fused-ring (bicyclic) bond motifs is 1. The van der Waals surface area contributed by atoms with E-state index in [9.17, 15) is 19.5 Å². The molecule has 98 valence electrons. The molecule has 1 aliphatic carbocycles. The molecule has 1 N–H and O–H groups in total. The number of amides is 2. The Bertz CT molecular complexity index is 440. The molecule has 0 saturated carbocycles. The average Bonchev–Trinajstić information content (AvgIpc) is 2.50. The summed E-state index contributed by atoms with van der Waals surface area (Å²) in [5.41, 5.74) is 0. The van der Waals surface area contributed by atoms with Crippen LogP contribution in [-0.2, 0) is 14.4 Å². The summed E-state index contributed by atoms with van der Waals surface area (Å²) >= 11 is 0. The third kappa shape index (κ3) is 1.65. The van der Waals surface area contributed by atoms with E-state index in [2.05, 4.69) is 0 Å². The zero-order chi connectivity index (χ0) is 13.6. The summed E-state index contributed by atoms with van der Waals surface area (Å²) in [4.78, 5) is 36.9. The van der Waals surface area contributed by atoms with Gasteiger partial charge in [-0.05, 0) is 19.8 Å². The molecule has 5 nitrogen and oxygen atoms in total. The number of likely N-dealkylation sites (tertiary alicyclic amines) is 1. The third-order valence-electron chi connectivity index (χ3n) is 3.81. The normalized spacial score (nSPS) is 35.2. The van der Waals surface area contributed by atoms with Crippen molar-refractivity contribution in [2.24, 2.45) is 23.7 Å². The number of allylic oxidation sites excluding steroid dienone is 1. The summed E-state index contributed by atoms with van der Waals surface area (Å²) < 4.78 is 0. The Kier molecular flexibility index (Phi) is 3.00. The molecule has 1 fully saturated rings. The fourth-order valence-electron chi connectivity index (χ4n) is 2.95. The highest BCUT2D eigenvalue weighted by atomic mass is 16.4. The van der Waals surface area contributed by atoms with Gasteiger partial charge in [-0.25, -0.2) is 0 Å². The molecule has 18 heavy (non-hydrogen) atoms. The number of carboxylic acids is 1. The molecule has 2 aliphatic rings. The average molecular weight is 251 g/mol. The van der Waals surface area contributed by atoms with Crippen molar-refractivity contribution in [1.29, 1.82) is 0 Å². The highest BCUT2D eigenvalue weighted by Gasteiger charge is 2.55.